The third-order valence-corrected chi connectivity index (χ3v) is 6.28. The number of carbonyl (C=O) groups excluding carboxylic acids is 1. The maximum atomic E-state index is 12.6. The Morgan fingerprint density at radius 3 is 2.21 bits per heavy atom. The van der Waals surface area contributed by atoms with E-state index in [0.29, 0.717) is 5.56 Å². The fraction of sp³-hybridized carbons (Fsp3) is 0.286. The van der Waals surface area contributed by atoms with Crippen molar-refractivity contribution in [2.75, 3.05) is 5.32 Å². The van der Waals surface area contributed by atoms with E-state index in [1.54, 1.807) is 0 Å². The number of carbonyl (C=O) groups is 2. The third kappa shape index (κ3) is 6.17. The maximum Gasteiger partial charge on any atom is 0.325 e. The molecule has 3 N–H and O–H groups in total. The fourth-order valence-corrected chi connectivity index (χ4v) is 4.25. The van der Waals surface area contributed by atoms with Gasteiger partial charge in [0.15, 0.2) is 0 Å². The van der Waals surface area contributed by atoms with Crippen LogP contribution in [0.25, 0.3) is 11.1 Å². The summed E-state index contributed by atoms with van der Waals surface area (Å²) in [7, 11) is 0. The van der Waals surface area contributed by atoms with Crippen LogP contribution in [-0.2, 0) is 11.2 Å². The Bertz CT molecular complexity index is 1200. The van der Waals surface area contributed by atoms with E-state index in [0.717, 1.165) is 44.9 Å². The molecule has 0 heterocycles. The second-order valence-electron chi connectivity index (χ2n) is 8.93. The number of nitrogens with one attached hydrogen (secondary N) is 2. The normalized spacial score (nSPS) is 12.6. The zero-order valence-electron chi connectivity index (χ0n) is 20.2. The summed E-state index contributed by atoms with van der Waals surface area (Å²) >= 11 is 6.15. The van der Waals surface area contributed by atoms with Crippen LogP contribution >= 0.6 is 11.6 Å². The number of aryl methyl sites for hydroxylation is 3. The molecule has 0 fully saturated rings. The quantitative estimate of drug-likeness (QED) is 0.361. The van der Waals surface area contributed by atoms with E-state index in [9.17, 15) is 9.59 Å². The van der Waals surface area contributed by atoms with E-state index in [1.807, 2.05) is 57.2 Å². The molecular formula is C28H31ClN2O3. The average Bonchev–Trinajstić information content (AvgIpc) is 2.75. The Hall–Kier alpha value is -3.31. The van der Waals surface area contributed by atoms with Crippen LogP contribution in [0.5, 0.6) is 0 Å². The number of carboxylic acids is 1. The molecule has 0 aliphatic heterocycles. The van der Waals surface area contributed by atoms with Crippen molar-refractivity contribution in [1.29, 1.82) is 0 Å². The number of hydrogen-bond acceptors (Lipinski definition) is 3. The number of carboxylic acid groups (broad SMARTS) is 1. The number of rotatable bonds is 8. The van der Waals surface area contributed by atoms with Gasteiger partial charge in [0.2, 0.25) is 0 Å². The molecule has 0 aliphatic rings. The number of halogens is 1. The van der Waals surface area contributed by atoms with Gasteiger partial charge in [0, 0.05) is 22.3 Å². The van der Waals surface area contributed by atoms with Crippen LogP contribution in [0.15, 0.2) is 54.6 Å². The van der Waals surface area contributed by atoms with E-state index >= 15 is 0 Å². The predicted molar refractivity (Wildman–Crippen MR) is 139 cm³/mol. The number of aliphatic carboxylic acids is 1. The van der Waals surface area contributed by atoms with Gasteiger partial charge in [-0.25, -0.2) is 0 Å². The lowest BCUT2D eigenvalue weighted by Gasteiger charge is -2.18. The Labute approximate surface area is 206 Å². The van der Waals surface area contributed by atoms with Crippen LogP contribution < -0.4 is 10.6 Å². The molecule has 6 heteroatoms. The van der Waals surface area contributed by atoms with Gasteiger partial charge in [0.25, 0.3) is 5.91 Å². The van der Waals surface area contributed by atoms with E-state index in [-0.39, 0.29) is 11.9 Å². The maximum absolute atomic E-state index is 12.6. The van der Waals surface area contributed by atoms with E-state index in [4.69, 9.17) is 16.7 Å². The summed E-state index contributed by atoms with van der Waals surface area (Å²) in [5.41, 5.74) is 7.48. The summed E-state index contributed by atoms with van der Waals surface area (Å²) in [6, 6.07) is 17.5. The zero-order valence-corrected chi connectivity index (χ0v) is 21.0. The Balaban J connectivity index is 1.77. The van der Waals surface area contributed by atoms with Crippen molar-refractivity contribution < 1.29 is 14.7 Å². The summed E-state index contributed by atoms with van der Waals surface area (Å²) in [6.45, 7) is 9.35. The molecule has 0 aromatic heterocycles. The topological polar surface area (TPSA) is 78.4 Å². The van der Waals surface area contributed by atoms with Crippen molar-refractivity contribution in [2.24, 2.45) is 0 Å². The molecule has 0 radical (unpaired) electrons. The van der Waals surface area contributed by atoms with Crippen LogP contribution in [0.2, 0.25) is 5.02 Å². The van der Waals surface area contributed by atoms with Crippen molar-refractivity contribution >= 4 is 29.2 Å². The number of hydrogen-bond donors (Lipinski definition) is 3. The minimum absolute atomic E-state index is 0.224. The van der Waals surface area contributed by atoms with Crippen molar-refractivity contribution in [1.82, 2.24) is 5.32 Å². The van der Waals surface area contributed by atoms with Gasteiger partial charge in [-0.05, 0) is 92.6 Å². The molecule has 3 aromatic carbocycles. The van der Waals surface area contributed by atoms with Gasteiger partial charge in [-0.3, -0.25) is 9.59 Å². The summed E-state index contributed by atoms with van der Waals surface area (Å²) in [6.07, 6.45) is 0.874. The monoisotopic (exact) mass is 478 g/mol. The highest BCUT2D eigenvalue weighted by Crippen LogP contribution is 2.28. The van der Waals surface area contributed by atoms with Gasteiger partial charge >= 0.3 is 5.97 Å². The minimum Gasteiger partial charge on any atom is -0.480 e. The summed E-state index contributed by atoms with van der Waals surface area (Å²) in [5, 5.41) is 16.0. The summed E-state index contributed by atoms with van der Waals surface area (Å²) in [5.74, 6) is -1.44. The van der Waals surface area contributed by atoms with Crippen molar-refractivity contribution in [3.63, 3.8) is 0 Å². The first-order valence-electron chi connectivity index (χ1n) is 11.3. The lowest BCUT2D eigenvalue weighted by molar-refractivity contribution is -0.138. The molecular weight excluding hydrogens is 448 g/mol. The number of benzene rings is 3. The Morgan fingerprint density at radius 1 is 0.912 bits per heavy atom. The first-order chi connectivity index (χ1) is 16.0. The standard InChI is InChI=1S/C28H31ClN2O3/c1-16-11-21(9-10-25(16)29)14-19(4)30-24-8-6-7-22(15-24)23-12-17(2)26(18(3)13-23)27(32)31-20(5)28(33)34/h6-13,15,19-20,30H,14H2,1-5H3,(H,31,32)(H,33,34). The number of amides is 1. The first-order valence-corrected chi connectivity index (χ1v) is 11.7. The Morgan fingerprint density at radius 2 is 1.59 bits per heavy atom. The molecule has 3 aromatic rings. The van der Waals surface area contributed by atoms with Crippen LogP contribution in [-0.4, -0.2) is 29.1 Å². The van der Waals surface area contributed by atoms with Crippen molar-refractivity contribution in [2.45, 2.75) is 53.1 Å². The van der Waals surface area contributed by atoms with Crippen LogP contribution in [0.3, 0.4) is 0 Å². The zero-order chi connectivity index (χ0) is 25.0. The lowest BCUT2D eigenvalue weighted by Crippen LogP contribution is -2.38. The van der Waals surface area contributed by atoms with Gasteiger partial charge in [-0.2, -0.15) is 0 Å². The predicted octanol–water partition coefficient (Wildman–Crippen LogP) is 6.18. The molecule has 0 aliphatic carbocycles. The third-order valence-electron chi connectivity index (χ3n) is 5.85. The molecule has 1 amide bonds. The van der Waals surface area contributed by atoms with Crippen LogP contribution in [0.4, 0.5) is 5.69 Å². The molecule has 0 saturated heterocycles. The SMILES string of the molecule is Cc1cc(CC(C)Nc2cccc(-c3cc(C)c(C(=O)NC(C)C(=O)O)c(C)c3)c2)ccc1Cl. The van der Waals surface area contributed by atoms with Crippen LogP contribution in [0, 0.1) is 20.8 Å². The first kappa shape index (κ1) is 25.3. The van der Waals surface area contributed by atoms with E-state index in [2.05, 4.69) is 35.8 Å². The van der Waals surface area contributed by atoms with Gasteiger partial charge in [-0.1, -0.05) is 48.0 Å². The molecule has 2 atom stereocenters. The molecule has 2 unspecified atom stereocenters. The molecule has 0 bridgehead atoms. The highest BCUT2D eigenvalue weighted by Gasteiger charge is 2.19. The van der Waals surface area contributed by atoms with E-state index in [1.165, 1.54) is 12.5 Å². The summed E-state index contributed by atoms with van der Waals surface area (Å²) < 4.78 is 0. The van der Waals surface area contributed by atoms with Gasteiger partial charge < -0.3 is 15.7 Å². The molecule has 0 spiro atoms. The average molecular weight is 479 g/mol. The lowest BCUT2D eigenvalue weighted by atomic mass is 9.94. The molecule has 34 heavy (non-hydrogen) atoms. The summed E-state index contributed by atoms with van der Waals surface area (Å²) in [4.78, 5) is 23.7. The largest absolute Gasteiger partial charge is 0.480 e. The Kier molecular flexibility index (Phi) is 8.00. The van der Waals surface area contributed by atoms with Crippen molar-refractivity contribution in [3.8, 4) is 11.1 Å². The molecule has 5 nitrogen and oxygen atoms in total. The minimum atomic E-state index is -1.06. The smallest absolute Gasteiger partial charge is 0.325 e. The molecule has 0 saturated carbocycles. The van der Waals surface area contributed by atoms with Gasteiger partial charge in [-0.15, -0.1) is 0 Å². The molecule has 3 rings (SSSR count). The fourth-order valence-electron chi connectivity index (χ4n) is 4.13. The van der Waals surface area contributed by atoms with Crippen LogP contribution in [0.1, 0.15) is 46.5 Å². The van der Waals surface area contributed by atoms with Gasteiger partial charge in [0.1, 0.15) is 6.04 Å². The second-order valence-corrected chi connectivity index (χ2v) is 9.34. The highest BCUT2D eigenvalue weighted by molar-refractivity contribution is 6.31. The van der Waals surface area contributed by atoms with E-state index < -0.39 is 12.0 Å². The second kappa shape index (κ2) is 10.7. The number of anilines is 1. The van der Waals surface area contributed by atoms with Gasteiger partial charge in [0.05, 0.1) is 0 Å². The highest BCUT2D eigenvalue weighted by atomic mass is 35.5. The van der Waals surface area contributed by atoms with Crippen molar-refractivity contribution in [3.05, 3.63) is 87.4 Å². The molecule has 178 valence electrons.